The summed E-state index contributed by atoms with van der Waals surface area (Å²) in [6, 6.07) is 0. The first kappa shape index (κ1) is 14.9. The van der Waals surface area contributed by atoms with Gasteiger partial charge in [-0.1, -0.05) is 13.8 Å². The van der Waals surface area contributed by atoms with Gasteiger partial charge in [-0.05, 0) is 46.5 Å². The minimum atomic E-state index is 0.205. The Morgan fingerprint density at radius 2 is 1.60 bits per heavy atom. The Bertz CT molecular complexity index is 168. The molecule has 0 rings (SSSR count). The zero-order valence-electron chi connectivity index (χ0n) is 11.6. The number of hydrogen-bond acceptors (Lipinski definition) is 2. The molecule has 0 unspecified atom stereocenters. The highest BCUT2D eigenvalue weighted by molar-refractivity contribution is 4.78. The zero-order valence-corrected chi connectivity index (χ0v) is 11.6. The lowest BCUT2D eigenvalue weighted by Crippen LogP contribution is -2.42. The SMILES string of the molecule is CC(C)OCCC(C)(C)CNC(C)(C)C. The van der Waals surface area contributed by atoms with Crippen LogP contribution >= 0.6 is 0 Å². The summed E-state index contributed by atoms with van der Waals surface area (Å²) in [6.45, 7) is 17.2. The molecule has 0 saturated heterocycles. The van der Waals surface area contributed by atoms with Crippen molar-refractivity contribution in [2.75, 3.05) is 13.2 Å². The molecule has 0 saturated carbocycles. The summed E-state index contributed by atoms with van der Waals surface area (Å²) >= 11 is 0. The molecule has 92 valence electrons. The Balaban J connectivity index is 3.77. The van der Waals surface area contributed by atoms with Crippen LogP contribution < -0.4 is 5.32 Å². The fraction of sp³-hybridized carbons (Fsp3) is 1.00. The fourth-order valence-corrected chi connectivity index (χ4v) is 1.16. The molecule has 2 heteroatoms. The molecule has 0 aromatic rings. The standard InChI is InChI=1S/C13H29NO/c1-11(2)15-9-8-13(6,7)10-14-12(3,4)5/h11,14H,8-10H2,1-7H3. The molecule has 0 aliphatic rings. The van der Waals surface area contributed by atoms with Crippen molar-refractivity contribution in [1.29, 1.82) is 0 Å². The Morgan fingerprint density at radius 1 is 1.07 bits per heavy atom. The van der Waals surface area contributed by atoms with E-state index in [0.717, 1.165) is 19.6 Å². The normalized spacial score (nSPS) is 13.6. The minimum absolute atomic E-state index is 0.205. The largest absolute Gasteiger partial charge is 0.379 e. The van der Waals surface area contributed by atoms with Crippen molar-refractivity contribution in [1.82, 2.24) is 5.32 Å². The van der Waals surface area contributed by atoms with E-state index in [-0.39, 0.29) is 5.54 Å². The lowest BCUT2D eigenvalue weighted by Gasteiger charge is -2.30. The molecule has 0 heterocycles. The van der Waals surface area contributed by atoms with E-state index >= 15 is 0 Å². The second-order valence-corrected chi connectivity index (χ2v) is 6.44. The molecular weight excluding hydrogens is 186 g/mol. The Morgan fingerprint density at radius 3 is 2.00 bits per heavy atom. The van der Waals surface area contributed by atoms with Crippen LogP contribution in [0.25, 0.3) is 0 Å². The van der Waals surface area contributed by atoms with Crippen LogP contribution in [0.1, 0.15) is 54.9 Å². The molecular formula is C13H29NO. The van der Waals surface area contributed by atoms with Crippen molar-refractivity contribution in [3.05, 3.63) is 0 Å². The van der Waals surface area contributed by atoms with E-state index in [1.165, 1.54) is 0 Å². The summed E-state index contributed by atoms with van der Waals surface area (Å²) in [5, 5.41) is 3.54. The van der Waals surface area contributed by atoms with Gasteiger partial charge in [0, 0.05) is 18.7 Å². The molecule has 0 aromatic heterocycles. The summed E-state index contributed by atoms with van der Waals surface area (Å²) in [5.74, 6) is 0. The van der Waals surface area contributed by atoms with Gasteiger partial charge in [-0.2, -0.15) is 0 Å². The number of rotatable bonds is 6. The van der Waals surface area contributed by atoms with Crippen molar-refractivity contribution < 1.29 is 4.74 Å². The van der Waals surface area contributed by atoms with Gasteiger partial charge in [-0.25, -0.2) is 0 Å². The molecule has 0 aromatic carbocycles. The molecule has 0 aliphatic heterocycles. The second-order valence-electron chi connectivity index (χ2n) is 6.44. The van der Waals surface area contributed by atoms with E-state index in [4.69, 9.17) is 4.74 Å². The average molecular weight is 215 g/mol. The van der Waals surface area contributed by atoms with Gasteiger partial charge in [0.25, 0.3) is 0 Å². The summed E-state index contributed by atoms with van der Waals surface area (Å²) < 4.78 is 5.58. The van der Waals surface area contributed by atoms with Crippen LogP contribution in [0.5, 0.6) is 0 Å². The van der Waals surface area contributed by atoms with Gasteiger partial charge >= 0.3 is 0 Å². The highest BCUT2D eigenvalue weighted by Gasteiger charge is 2.20. The third-order valence-electron chi connectivity index (χ3n) is 2.33. The fourth-order valence-electron chi connectivity index (χ4n) is 1.16. The topological polar surface area (TPSA) is 21.3 Å². The molecule has 0 aliphatic carbocycles. The van der Waals surface area contributed by atoms with Crippen molar-refractivity contribution in [2.24, 2.45) is 5.41 Å². The number of ether oxygens (including phenoxy) is 1. The van der Waals surface area contributed by atoms with Gasteiger partial charge in [0.05, 0.1) is 6.10 Å². The Labute approximate surface area is 95.8 Å². The second kappa shape index (κ2) is 5.86. The van der Waals surface area contributed by atoms with E-state index in [0.29, 0.717) is 11.5 Å². The molecule has 0 radical (unpaired) electrons. The maximum Gasteiger partial charge on any atom is 0.0518 e. The summed E-state index contributed by atoms with van der Waals surface area (Å²) in [6.07, 6.45) is 1.45. The maximum atomic E-state index is 5.58. The highest BCUT2D eigenvalue weighted by Crippen LogP contribution is 2.20. The first-order valence-electron chi connectivity index (χ1n) is 5.99. The minimum Gasteiger partial charge on any atom is -0.379 e. The number of hydrogen-bond donors (Lipinski definition) is 1. The molecule has 1 N–H and O–H groups in total. The van der Waals surface area contributed by atoms with Crippen LogP contribution in [0.4, 0.5) is 0 Å². The smallest absolute Gasteiger partial charge is 0.0518 e. The van der Waals surface area contributed by atoms with E-state index in [1.54, 1.807) is 0 Å². The summed E-state index contributed by atoms with van der Waals surface area (Å²) in [5.41, 5.74) is 0.512. The predicted molar refractivity (Wildman–Crippen MR) is 67.2 cm³/mol. The van der Waals surface area contributed by atoms with Gasteiger partial charge in [0.15, 0.2) is 0 Å². The Hall–Kier alpha value is -0.0800. The van der Waals surface area contributed by atoms with Crippen LogP contribution in [0.3, 0.4) is 0 Å². The third kappa shape index (κ3) is 10.2. The molecule has 0 atom stereocenters. The Kier molecular flexibility index (Phi) is 5.82. The van der Waals surface area contributed by atoms with E-state index < -0.39 is 0 Å². The third-order valence-corrected chi connectivity index (χ3v) is 2.33. The van der Waals surface area contributed by atoms with Crippen molar-refractivity contribution >= 4 is 0 Å². The first-order chi connectivity index (χ1) is 6.62. The average Bonchev–Trinajstić information content (AvgIpc) is 1.99. The van der Waals surface area contributed by atoms with Gasteiger partial charge < -0.3 is 10.1 Å². The lowest BCUT2D eigenvalue weighted by molar-refractivity contribution is 0.0562. The first-order valence-corrected chi connectivity index (χ1v) is 5.99. The summed E-state index contributed by atoms with van der Waals surface area (Å²) in [7, 11) is 0. The predicted octanol–water partition coefficient (Wildman–Crippen LogP) is 3.22. The molecule has 0 bridgehead atoms. The van der Waals surface area contributed by atoms with Gasteiger partial charge in [-0.15, -0.1) is 0 Å². The molecule has 0 amide bonds. The van der Waals surface area contributed by atoms with Crippen molar-refractivity contribution in [3.63, 3.8) is 0 Å². The van der Waals surface area contributed by atoms with Crippen LogP contribution in [0.2, 0.25) is 0 Å². The van der Waals surface area contributed by atoms with Crippen LogP contribution in [0.15, 0.2) is 0 Å². The van der Waals surface area contributed by atoms with E-state index in [9.17, 15) is 0 Å². The van der Waals surface area contributed by atoms with E-state index in [1.807, 2.05) is 0 Å². The monoisotopic (exact) mass is 215 g/mol. The molecule has 15 heavy (non-hydrogen) atoms. The van der Waals surface area contributed by atoms with Gasteiger partial charge in [0.1, 0.15) is 0 Å². The molecule has 0 fully saturated rings. The highest BCUT2D eigenvalue weighted by atomic mass is 16.5. The van der Waals surface area contributed by atoms with Crippen LogP contribution in [0, 0.1) is 5.41 Å². The van der Waals surface area contributed by atoms with Gasteiger partial charge in [-0.3, -0.25) is 0 Å². The molecule has 2 nitrogen and oxygen atoms in total. The van der Waals surface area contributed by atoms with E-state index in [2.05, 4.69) is 53.8 Å². The summed E-state index contributed by atoms with van der Waals surface area (Å²) in [4.78, 5) is 0. The van der Waals surface area contributed by atoms with Crippen molar-refractivity contribution in [3.8, 4) is 0 Å². The lowest BCUT2D eigenvalue weighted by atomic mass is 9.88. The van der Waals surface area contributed by atoms with Crippen molar-refractivity contribution in [2.45, 2.75) is 66.5 Å². The number of nitrogens with one attached hydrogen (secondary N) is 1. The van der Waals surface area contributed by atoms with Crippen LogP contribution in [-0.2, 0) is 4.74 Å². The quantitative estimate of drug-likeness (QED) is 0.734. The van der Waals surface area contributed by atoms with Crippen LogP contribution in [-0.4, -0.2) is 24.8 Å². The zero-order chi connectivity index (χ0) is 12.1. The molecule has 0 spiro atoms. The van der Waals surface area contributed by atoms with Gasteiger partial charge in [0.2, 0.25) is 0 Å². The maximum absolute atomic E-state index is 5.58.